The van der Waals surface area contributed by atoms with E-state index >= 15 is 0 Å². The molecule has 25 heavy (non-hydrogen) atoms. The van der Waals surface area contributed by atoms with Crippen LogP contribution in [0.5, 0.6) is 0 Å². The fourth-order valence-electron chi connectivity index (χ4n) is 3.20. The van der Waals surface area contributed by atoms with Crippen LogP contribution in [0.4, 0.5) is 4.39 Å². The zero-order chi connectivity index (χ0) is 16.9. The summed E-state index contributed by atoms with van der Waals surface area (Å²) in [6.45, 7) is 4.35. The van der Waals surface area contributed by atoms with Crippen molar-refractivity contribution in [3.63, 3.8) is 0 Å². The van der Waals surface area contributed by atoms with Crippen molar-refractivity contribution in [1.82, 2.24) is 10.2 Å². The van der Waals surface area contributed by atoms with Crippen LogP contribution in [-0.4, -0.2) is 30.4 Å². The van der Waals surface area contributed by atoms with E-state index in [0.29, 0.717) is 6.54 Å². The molecule has 0 spiro atoms. The molecule has 3 nitrogen and oxygen atoms in total. The monoisotopic (exact) mass is 362 g/mol. The highest BCUT2D eigenvalue weighted by molar-refractivity contribution is 5.85. The van der Waals surface area contributed by atoms with E-state index in [1.807, 2.05) is 4.90 Å². The van der Waals surface area contributed by atoms with Gasteiger partial charge < -0.3 is 10.2 Å². The Balaban J connectivity index is 0.00000225. The summed E-state index contributed by atoms with van der Waals surface area (Å²) >= 11 is 0. The molecule has 134 valence electrons. The molecule has 1 amide bonds. The van der Waals surface area contributed by atoms with Crippen LogP contribution >= 0.6 is 12.4 Å². The maximum absolute atomic E-state index is 13.3. The van der Waals surface area contributed by atoms with Crippen molar-refractivity contribution in [3.8, 4) is 0 Å². The van der Waals surface area contributed by atoms with Crippen molar-refractivity contribution in [2.45, 2.75) is 25.8 Å². The first-order valence-electron chi connectivity index (χ1n) is 8.51. The van der Waals surface area contributed by atoms with E-state index in [-0.39, 0.29) is 36.6 Å². The van der Waals surface area contributed by atoms with Crippen molar-refractivity contribution >= 4 is 18.3 Å². The lowest BCUT2D eigenvalue weighted by molar-refractivity contribution is -0.133. The van der Waals surface area contributed by atoms with Gasteiger partial charge in [-0.25, -0.2) is 4.39 Å². The first kappa shape index (κ1) is 19.4. The zero-order valence-corrected chi connectivity index (χ0v) is 15.2. The lowest BCUT2D eigenvalue weighted by atomic mass is 10.00. The molecule has 1 heterocycles. The third kappa shape index (κ3) is 4.80. The number of hydrogen-bond acceptors (Lipinski definition) is 2. The van der Waals surface area contributed by atoms with Gasteiger partial charge in [-0.3, -0.25) is 4.79 Å². The molecule has 1 atom stereocenters. The second-order valence-corrected chi connectivity index (χ2v) is 6.21. The first-order chi connectivity index (χ1) is 11.7. The molecule has 0 aliphatic carbocycles. The van der Waals surface area contributed by atoms with Gasteiger partial charge >= 0.3 is 0 Å². The average Bonchev–Trinajstić information content (AvgIpc) is 2.62. The van der Waals surface area contributed by atoms with Gasteiger partial charge in [0.25, 0.3) is 0 Å². The van der Waals surface area contributed by atoms with Crippen molar-refractivity contribution < 1.29 is 9.18 Å². The Morgan fingerprint density at radius 3 is 2.64 bits per heavy atom. The van der Waals surface area contributed by atoms with Crippen LogP contribution in [0.1, 0.15) is 29.7 Å². The molecule has 1 aliphatic rings. The maximum Gasteiger partial charge on any atom is 0.227 e. The van der Waals surface area contributed by atoms with E-state index in [1.165, 1.54) is 17.7 Å². The average molecular weight is 363 g/mol. The van der Waals surface area contributed by atoms with Crippen LogP contribution in [0.25, 0.3) is 0 Å². The molecule has 1 N–H and O–H groups in total. The first-order valence-corrected chi connectivity index (χ1v) is 8.51. The van der Waals surface area contributed by atoms with Gasteiger partial charge in [0.2, 0.25) is 5.91 Å². The SMILES string of the molecule is CCc1ccc(C2CNCCN2C(=O)Cc2cccc(F)c2)cc1.Cl. The molecule has 5 heteroatoms. The predicted molar refractivity (Wildman–Crippen MR) is 100 cm³/mol. The second kappa shape index (κ2) is 8.97. The number of hydrogen-bond donors (Lipinski definition) is 1. The minimum atomic E-state index is -0.299. The van der Waals surface area contributed by atoms with Crippen LogP contribution in [0.3, 0.4) is 0 Å². The van der Waals surface area contributed by atoms with Crippen LogP contribution in [0, 0.1) is 5.82 Å². The van der Waals surface area contributed by atoms with Gasteiger partial charge in [0.1, 0.15) is 5.82 Å². The molecule has 1 fully saturated rings. The van der Waals surface area contributed by atoms with E-state index in [1.54, 1.807) is 12.1 Å². The minimum absolute atomic E-state index is 0. The standard InChI is InChI=1S/C20H23FN2O.ClH/c1-2-15-6-8-17(9-7-15)19-14-22-10-11-23(19)20(24)13-16-4-3-5-18(21)12-16;/h3-9,12,19,22H,2,10-11,13-14H2,1H3;1H. The Bertz CT molecular complexity index is 705. The summed E-state index contributed by atoms with van der Waals surface area (Å²) in [5.74, 6) is -0.251. The van der Waals surface area contributed by atoms with Crippen LogP contribution in [-0.2, 0) is 17.6 Å². The fourth-order valence-corrected chi connectivity index (χ4v) is 3.20. The second-order valence-electron chi connectivity index (χ2n) is 6.21. The van der Waals surface area contributed by atoms with Gasteiger partial charge in [0.05, 0.1) is 12.5 Å². The van der Waals surface area contributed by atoms with E-state index in [0.717, 1.165) is 30.6 Å². The normalized spacial score (nSPS) is 17.0. The number of rotatable bonds is 4. The van der Waals surface area contributed by atoms with E-state index in [9.17, 15) is 9.18 Å². The molecule has 0 radical (unpaired) electrons. The quantitative estimate of drug-likeness (QED) is 0.902. The van der Waals surface area contributed by atoms with Gasteiger partial charge in [-0.1, -0.05) is 43.3 Å². The third-order valence-electron chi connectivity index (χ3n) is 4.58. The van der Waals surface area contributed by atoms with E-state index in [2.05, 4.69) is 36.5 Å². The number of carbonyl (C=O) groups is 1. The molecule has 1 saturated heterocycles. The molecular weight excluding hydrogens is 339 g/mol. The lowest BCUT2D eigenvalue weighted by Gasteiger charge is -2.36. The third-order valence-corrected chi connectivity index (χ3v) is 4.58. The highest BCUT2D eigenvalue weighted by Gasteiger charge is 2.27. The smallest absolute Gasteiger partial charge is 0.227 e. The van der Waals surface area contributed by atoms with E-state index < -0.39 is 0 Å². The summed E-state index contributed by atoms with van der Waals surface area (Å²) in [6, 6.07) is 14.8. The lowest BCUT2D eigenvalue weighted by Crippen LogP contribution is -2.49. The molecule has 2 aromatic rings. The predicted octanol–water partition coefficient (Wildman–Crippen LogP) is 3.53. The van der Waals surface area contributed by atoms with Gasteiger partial charge in [0, 0.05) is 19.6 Å². The van der Waals surface area contributed by atoms with Crippen molar-refractivity contribution in [1.29, 1.82) is 0 Å². The minimum Gasteiger partial charge on any atom is -0.333 e. The van der Waals surface area contributed by atoms with Gasteiger partial charge in [0.15, 0.2) is 0 Å². The molecule has 3 rings (SSSR count). The molecule has 1 aliphatic heterocycles. The van der Waals surface area contributed by atoms with Crippen molar-refractivity contribution in [2.24, 2.45) is 0 Å². The summed E-state index contributed by atoms with van der Waals surface area (Å²) in [6.07, 6.45) is 1.24. The molecular formula is C20H24ClFN2O. The number of carbonyl (C=O) groups excluding carboxylic acids is 1. The maximum atomic E-state index is 13.3. The molecule has 2 aromatic carbocycles. The molecule has 0 saturated carbocycles. The largest absolute Gasteiger partial charge is 0.333 e. The fraction of sp³-hybridized carbons (Fsp3) is 0.350. The topological polar surface area (TPSA) is 32.3 Å². The molecule has 1 unspecified atom stereocenters. The van der Waals surface area contributed by atoms with Crippen LogP contribution < -0.4 is 5.32 Å². The van der Waals surface area contributed by atoms with Crippen LogP contribution in [0.15, 0.2) is 48.5 Å². The van der Waals surface area contributed by atoms with Gasteiger partial charge in [-0.2, -0.15) is 0 Å². The number of benzene rings is 2. The number of nitrogens with zero attached hydrogens (tertiary/aromatic N) is 1. The Hall–Kier alpha value is -1.91. The van der Waals surface area contributed by atoms with E-state index in [4.69, 9.17) is 0 Å². The number of piperazine rings is 1. The number of halogens is 2. The summed E-state index contributed by atoms with van der Waals surface area (Å²) in [7, 11) is 0. The highest BCUT2D eigenvalue weighted by atomic mass is 35.5. The molecule has 0 aromatic heterocycles. The number of nitrogens with one attached hydrogen (secondary N) is 1. The Kier molecular flexibility index (Phi) is 6.97. The Morgan fingerprint density at radius 1 is 1.20 bits per heavy atom. The van der Waals surface area contributed by atoms with Crippen molar-refractivity contribution in [3.05, 3.63) is 71.0 Å². The Labute approximate surface area is 154 Å². The van der Waals surface area contributed by atoms with Crippen molar-refractivity contribution in [2.75, 3.05) is 19.6 Å². The van der Waals surface area contributed by atoms with Gasteiger partial charge in [-0.15, -0.1) is 12.4 Å². The van der Waals surface area contributed by atoms with Crippen LogP contribution in [0.2, 0.25) is 0 Å². The van der Waals surface area contributed by atoms with Gasteiger partial charge in [-0.05, 0) is 35.2 Å². The summed E-state index contributed by atoms with van der Waals surface area (Å²) in [5, 5.41) is 3.37. The Morgan fingerprint density at radius 2 is 1.96 bits per heavy atom. The zero-order valence-electron chi connectivity index (χ0n) is 14.4. The summed E-state index contributed by atoms with van der Waals surface area (Å²) < 4.78 is 13.3. The molecule has 0 bridgehead atoms. The summed E-state index contributed by atoms with van der Waals surface area (Å²) in [4.78, 5) is 14.7. The highest BCUT2D eigenvalue weighted by Crippen LogP contribution is 2.24. The number of aryl methyl sites for hydroxylation is 1. The summed E-state index contributed by atoms with van der Waals surface area (Å²) in [5.41, 5.74) is 3.16. The number of amides is 1.